The molecule has 2 aliphatic rings. The van der Waals surface area contributed by atoms with Crippen LogP contribution in [0, 0.1) is 5.92 Å². The number of aryl methyl sites for hydroxylation is 1. The Kier molecular flexibility index (Phi) is 5.31. The minimum atomic E-state index is -3.55. The van der Waals surface area contributed by atoms with E-state index in [1.165, 1.54) is 39.9 Å². The smallest absolute Gasteiger partial charge is 0.279 e. The van der Waals surface area contributed by atoms with E-state index in [1.807, 2.05) is 23.7 Å². The predicted octanol–water partition coefficient (Wildman–Crippen LogP) is 3.13. The first kappa shape index (κ1) is 21.2. The molecule has 1 aromatic heterocycles. The molecule has 168 valence electrons. The van der Waals surface area contributed by atoms with Crippen molar-refractivity contribution in [3.05, 3.63) is 46.8 Å². The summed E-state index contributed by atoms with van der Waals surface area (Å²) in [5, 5.41) is 0. The van der Waals surface area contributed by atoms with Crippen LogP contribution in [0.15, 0.2) is 46.3 Å². The molecule has 3 aromatic rings. The molecule has 0 radical (unpaired) electrons. The minimum Gasteiger partial charge on any atom is -0.454 e. The Balaban J connectivity index is 1.41. The molecule has 0 spiro atoms. The van der Waals surface area contributed by atoms with Crippen LogP contribution in [0.3, 0.4) is 0 Å². The highest BCUT2D eigenvalue weighted by Crippen LogP contribution is 2.36. The van der Waals surface area contributed by atoms with Crippen molar-refractivity contribution in [2.45, 2.75) is 24.7 Å². The van der Waals surface area contributed by atoms with Crippen molar-refractivity contribution in [3.63, 3.8) is 0 Å². The molecule has 0 saturated carbocycles. The Morgan fingerprint density at radius 2 is 1.75 bits per heavy atom. The van der Waals surface area contributed by atoms with E-state index >= 15 is 0 Å². The van der Waals surface area contributed by atoms with Crippen molar-refractivity contribution in [1.29, 1.82) is 0 Å². The molecule has 0 atom stereocenters. The number of sulfonamides is 1. The maximum Gasteiger partial charge on any atom is 0.279 e. The van der Waals surface area contributed by atoms with Crippen LogP contribution >= 0.6 is 11.3 Å². The molecule has 0 aliphatic carbocycles. The quantitative estimate of drug-likeness (QED) is 0.583. The van der Waals surface area contributed by atoms with Gasteiger partial charge in [-0.2, -0.15) is 9.30 Å². The number of rotatable bonds is 3. The minimum absolute atomic E-state index is 0.200. The number of hydrogen-bond donors (Lipinski definition) is 0. The van der Waals surface area contributed by atoms with Gasteiger partial charge in [-0.15, -0.1) is 0 Å². The van der Waals surface area contributed by atoms with Crippen LogP contribution < -0.4 is 14.3 Å². The van der Waals surface area contributed by atoms with Gasteiger partial charge in [0.25, 0.3) is 5.91 Å². The van der Waals surface area contributed by atoms with E-state index in [4.69, 9.17) is 9.47 Å². The number of nitrogens with zero attached hydrogens (tertiary/aromatic N) is 3. The normalized spacial score (nSPS) is 17.9. The highest BCUT2D eigenvalue weighted by molar-refractivity contribution is 7.89. The Hall–Kier alpha value is -2.69. The number of amides is 1. The Labute approximate surface area is 189 Å². The van der Waals surface area contributed by atoms with Crippen molar-refractivity contribution >= 4 is 37.5 Å². The monoisotopic (exact) mass is 473 g/mol. The lowest BCUT2D eigenvalue weighted by atomic mass is 10.0. The fourth-order valence-electron chi connectivity index (χ4n) is 3.92. The maximum atomic E-state index is 12.9. The lowest BCUT2D eigenvalue weighted by Crippen LogP contribution is -2.37. The molecule has 3 heterocycles. The second kappa shape index (κ2) is 8.02. The number of carbonyl (C=O) groups excluding carboxylic acids is 1. The summed E-state index contributed by atoms with van der Waals surface area (Å²) in [7, 11) is -1.71. The number of aromatic nitrogens is 1. The fraction of sp³-hybridized carbons (Fsp3) is 0.364. The summed E-state index contributed by atoms with van der Waals surface area (Å²) in [5.41, 5.74) is 1.23. The molecule has 1 fully saturated rings. The zero-order chi connectivity index (χ0) is 22.5. The van der Waals surface area contributed by atoms with E-state index in [1.54, 1.807) is 0 Å². The number of piperidine rings is 1. The SMILES string of the molecule is CC1CCN(S(=O)(=O)c2ccc(C(=O)N=c3sc4cc5c(cc4n3C)OCO5)cc2)CC1. The van der Waals surface area contributed by atoms with Crippen LogP contribution in [-0.2, 0) is 17.1 Å². The van der Waals surface area contributed by atoms with Crippen LogP contribution in [0.2, 0.25) is 0 Å². The van der Waals surface area contributed by atoms with Gasteiger partial charge in [-0.1, -0.05) is 18.3 Å². The Bertz CT molecular complexity index is 1370. The summed E-state index contributed by atoms with van der Waals surface area (Å²) < 4.78 is 40.9. The van der Waals surface area contributed by atoms with E-state index in [9.17, 15) is 13.2 Å². The molecule has 8 nitrogen and oxygen atoms in total. The molecule has 1 saturated heterocycles. The average Bonchev–Trinajstić information content (AvgIpc) is 3.36. The fourth-order valence-corrected chi connectivity index (χ4v) is 6.42. The third-order valence-corrected chi connectivity index (χ3v) is 8.99. The zero-order valence-corrected chi connectivity index (χ0v) is 19.4. The van der Waals surface area contributed by atoms with E-state index in [0.717, 1.165) is 23.1 Å². The van der Waals surface area contributed by atoms with Crippen LogP contribution in [0.1, 0.15) is 30.1 Å². The molecular weight excluding hydrogens is 450 g/mol. The molecule has 0 N–H and O–H groups in total. The van der Waals surface area contributed by atoms with Crippen molar-refractivity contribution in [2.75, 3.05) is 19.9 Å². The van der Waals surface area contributed by atoms with Gasteiger partial charge in [0, 0.05) is 37.8 Å². The number of hydrogen-bond acceptors (Lipinski definition) is 6. The lowest BCUT2D eigenvalue weighted by Gasteiger charge is -2.29. The first-order chi connectivity index (χ1) is 15.3. The molecule has 2 aromatic carbocycles. The summed E-state index contributed by atoms with van der Waals surface area (Å²) >= 11 is 1.38. The molecule has 2 aliphatic heterocycles. The highest BCUT2D eigenvalue weighted by atomic mass is 32.2. The highest BCUT2D eigenvalue weighted by Gasteiger charge is 2.28. The second-order valence-electron chi connectivity index (χ2n) is 8.14. The summed E-state index contributed by atoms with van der Waals surface area (Å²) in [6, 6.07) is 9.77. The summed E-state index contributed by atoms with van der Waals surface area (Å²) in [6.45, 7) is 3.40. The second-order valence-corrected chi connectivity index (χ2v) is 11.1. The topological polar surface area (TPSA) is 90.2 Å². The van der Waals surface area contributed by atoms with Gasteiger partial charge in [0.1, 0.15) is 0 Å². The molecular formula is C22H23N3O5S2. The molecule has 10 heteroatoms. The molecule has 5 rings (SSSR count). The summed E-state index contributed by atoms with van der Waals surface area (Å²) in [4.78, 5) is 17.8. The number of ether oxygens (including phenoxy) is 2. The van der Waals surface area contributed by atoms with Gasteiger partial charge in [0.05, 0.1) is 15.1 Å². The Morgan fingerprint density at radius 1 is 1.09 bits per heavy atom. The third kappa shape index (κ3) is 3.72. The molecule has 1 amide bonds. The standard InChI is InChI=1S/C22H23N3O5S2/c1-14-7-9-25(10-8-14)32(27,28)16-5-3-15(4-6-16)21(26)23-22-24(2)17-11-18-19(30-13-29-18)12-20(17)31-22/h3-6,11-12,14H,7-10,13H2,1-2H3. The predicted molar refractivity (Wildman–Crippen MR) is 120 cm³/mol. The lowest BCUT2D eigenvalue weighted by molar-refractivity contribution is 0.0998. The van der Waals surface area contributed by atoms with Crippen molar-refractivity contribution in [3.8, 4) is 11.5 Å². The van der Waals surface area contributed by atoms with Gasteiger partial charge in [-0.05, 0) is 43.0 Å². The molecule has 0 unspecified atom stereocenters. The van der Waals surface area contributed by atoms with Gasteiger partial charge >= 0.3 is 0 Å². The van der Waals surface area contributed by atoms with E-state index in [2.05, 4.69) is 11.9 Å². The van der Waals surface area contributed by atoms with Gasteiger partial charge < -0.3 is 14.0 Å². The number of carbonyl (C=O) groups is 1. The van der Waals surface area contributed by atoms with Gasteiger partial charge in [0.15, 0.2) is 16.3 Å². The van der Waals surface area contributed by atoms with E-state index in [0.29, 0.717) is 40.9 Å². The molecule has 0 bridgehead atoms. The number of benzene rings is 2. The summed E-state index contributed by atoms with van der Waals surface area (Å²) in [6.07, 6.45) is 1.73. The van der Waals surface area contributed by atoms with E-state index in [-0.39, 0.29) is 11.7 Å². The van der Waals surface area contributed by atoms with Crippen LogP contribution in [-0.4, -0.2) is 43.1 Å². The van der Waals surface area contributed by atoms with Crippen LogP contribution in [0.5, 0.6) is 11.5 Å². The van der Waals surface area contributed by atoms with Crippen LogP contribution in [0.4, 0.5) is 0 Å². The van der Waals surface area contributed by atoms with Crippen molar-refractivity contribution in [2.24, 2.45) is 18.0 Å². The first-order valence-electron chi connectivity index (χ1n) is 10.4. The van der Waals surface area contributed by atoms with Gasteiger partial charge in [0.2, 0.25) is 16.8 Å². The van der Waals surface area contributed by atoms with E-state index < -0.39 is 15.9 Å². The zero-order valence-electron chi connectivity index (χ0n) is 17.8. The Morgan fingerprint density at radius 3 is 2.44 bits per heavy atom. The molecule has 32 heavy (non-hydrogen) atoms. The van der Waals surface area contributed by atoms with Gasteiger partial charge in [-0.25, -0.2) is 8.42 Å². The van der Waals surface area contributed by atoms with Gasteiger partial charge in [-0.3, -0.25) is 4.79 Å². The third-order valence-electron chi connectivity index (χ3n) is 5.98. The summed E-state index contributed by atoms with van der Waals surface area (Å²) in [5.74, 6) is 1.46. The first-order valence-corrected chi connectivity index (χ1v) is 12.7. The number of thiazole rings is 1. The maximum absolute atomic E-state index is 12.9. The average molecular weight is 474 g/mol. The van der Waals surface area contributed by atoms with Crippen molar-refractivity contribution in [1.82, 2.24) is 8.87 Å². The number of fused-ring (bicyclic) bond motifs is 2. The van der Waals surface area contributed by atoms with Crippen molar-refractivity contribution < 1.29 is 22.7 Å². The largest absolute Gasteiger partial charge is 0.454 e. The van der Waals surface area contributed by atoms with Crippen LogP contribution in [0.25, 0.3) is 10.2 Å².